The monoisotopic (exact) mass is 569 g/mol. The van der Waals surface area contributed by atoms with Crippen molar-refractivity contribution in [1.29, 1.82) is 0 Å². The largest absolute Gasteiger partial charge is 0.496 e. The van der Waals surface area contributed by atoms with Crippen LogP contribution in [0.2, 0.25) is 0 Å². The van der Waals surface area contributed by atoms with Crippen LogP contribution in [0.1, 0.15) is 56.1 Å². The number of hydrogen-bond acceptors (Lipinski definition) is 7. The van der Waals surface area contributed by atoms with Crippen molar-refractivity contribution in [2.24, 2.45) is 0 Å². The summed E-state index contributed by atoms with van der Waals surface area (Å²) in [5.41, 5.74) is 4.24. The lowest BCUT2D eigenvalue weighted by molar-refractivity contribution is -0.139. The molecule has 1 heterocycles. The third-order valence-corrected chi connectivity index (χ3v) is 7.36. The molecule has 0 amide bonds. The number of carbonyl (C=O) groups is 2. The van der Waals surface area contributed by atoms with Crippen molar-refractivity contribution in [3.05, 3.63) is 74.5 Å². The summed E-state index contributed by atoms with van der Waals surface area (Å²) in [5, 5.41) is 3.39. The van der Waals surface area contributed by atoms with E-state index in [1.165, 1.54) is 0 Å². The summed E-state index contributed by atoms with van der Waals surface area (Å²) in [6.45, 7) is 4.11. The Hall–Kier alpha value is -3.26. The Morgan fingerprint density at radius 1 is 1.00 bits per heavy atom. The van der Waals surface area contributed by atoms with E-state index in [0.29, 0.717) is 60.0 Å². The van der Waals surface area contributed by atoms with Gasteiger partial charge in [-0.05, 0) is 61.6 Å². The molecule has 0 unspecified atom stereocenters. The second-order valence-electron chi connectivity index (χ2n) is 9.15. The van der Waals surface area contributed by atoms with E-state index in [0.717, 1.165) is 21.3 Å². The Labute approximate surface area is 225 Å². The molecule has 7 nitrogen and oxygen atoms in total. The maximum Gasteiger partial charge on any atom is 0.336 e. The second kappa shape index (κ2) is 11.4. The number of esters is 1. The minimum Gasteiger partial charge on any atom is -0.496 e. The molecule has 37 heavy (non-hydrogen) atoms. The summed E-state index contributed by atoms with van der Waals surface area (Å²) in [6.07, 6.45) is 1.62. The molecule has 1 aliphatic carbocycles. The molecule has 1 N–H and O–H groups in total. The molecular weight excluding hydrogens is 538 g/mol. The smallest absolute Gasteiger partial charge is 0.336 e. The van der Waals surface area contributed by atoms with Crippen LogP contribution in [0.25, 0.3) is 0 Å². The van der Waals surface area contributed by atoms with Crippen LogP contribution in [-0.2, 0) is 14.3 Å². The molecule has 196 valence electrons. The van der Waals surface area contributed by atoms with E-state index in [1.807, 2.05) is 50.2 Å². The number of Topliss-reactive ketones (excluding diaryl/α,β-unsaturated/α-hetero) is 1. The standard InChI is InChI=1S/C29H32BrNO6/c1-6-11-37-29(33)26-16(2)31-21-12-18(17-7-9-24(35-4)25(14-17)36-5)13-22(32)28(21)27(26)20-15-19(30)8-10-23(20)34-3/h7-10,14-15,18,27,31H,6,11-13H2,1-5H3/t18-,27-/m0/s1. The average Bonchev–Trinajstić information content (AvgIpc) is 2.90. The Balaban J connectivity index is 1.81. The topological polar surface area (TPSA) is 83.1 Å². The zero-order chi connectivity index (χ0) is 26.7. The third-order valence-electron chi connectivity index (χ3n) is 6.87. The molecule has 0 spiro atoms. The summed E-state index contributed by atoms with van der Waals surface area (Å²) in [4.78, 5) is 27.2. The summed E-state index contributed by atoms with van der Waals surface area (Å²) in [7, 11) is 4.78. The second-order valence-corrected chi connectivity index (χ2v) is 10.1. The first-order valence-corrected chi connectivity index (χ1v) is 13.1. The van der Waals surface area contributed by atoms with Crippen molar-refractivity contribution in [1.82, 2.24) is 5.32 Å². The van der Waals surface area contributed by atoms with E-state index in [4.69, 9.17) is 18.9 Å². The number of nitrogens with one attached hydrogen (secondary N) is 1. The van der Waals surface area contributed by atoms with Crippen LogP contribution in [-0.4, -0.2) is 39.7 Å². The van der Waals surface area contributed by atoms with E-state index >= 15 is 0 Å². The normalized spacial score (nSPS) is 19.2. The highest BCUT2D eigenvalue weighted by atomic mass is 79.9. The first kappa shape index (κ1) is 26.8. The van der Waals surface area contributed by atoms with Gasteiger partial charge in [0.05, 0.1) is 39.4 Å². The van der Waals surface area contributed by atoms with Gasteiger partial charge >= 0.3 is 5.97 Å². The number of ketones is 1. The average molecular weight is 570 g/mol. The number of allylic oxidation sites excluding steroid dienone is 3. The molecule has 2 aromatic carbocycles. The molecule has 2 aromatic rings. The summed E-state index contributed by atoms with van der Waals surface area (Å²) in [6, 6.07) is 11.4. The minimum atomic E-state index is -0.605. The Bertz CT molecular complexity index is 1280. The molecule has 2 aliphatic rings. The first-order valence-electron chi connectivity index (χ1n) is 12.3. The number of methoxy groups -OCH3 is 3. The molecule has 1 aliphatic heterocycles. The van der Waals surface area contributed by atoms with Gasteiger partial charge in [-0.2, -0.15) is 0 Å². The predicted molar refractivity (Wildman–Crippen MR) is 144 cm³/mol. The zero-order valence-electron chi connectivity index (χ0n) is 21.8. The highest BCUT2D eigenvalue weighted by Crippen LogP contribution is 2.48. The van der Waals surface area contributed by atoms with Crippen molar-refractivity contribution in [3.8, 4) is 17.2 Å². The van der Waals surface area contributed by atoms with Gasteiger partial charge in [0, 0.05) is 33.4 Å². The number of dihydropyridines is 1. The van der Waals surface area contributed by atoms with Gasteiger partial charge in [0.15, 0.2) is 17.3 Å². The van der Waals surface area contributed by atoms with Crippen LogP contribution in [0.15, 0.2) is 63.4 Å². The number of benzene rings is 2. The van der Waals surface area contributed by atoms with E-state index in [2.05, 4.69) is 21.2 Å². The number of halogens is 1. The van der Waals surface area contributed by atoms with Crippen molar-refractivity contribution in [2.75, 3.05) is 27.9 Å². The highest BCUT2D eigenvalue weighted by Gasteiger charge is 2.42. The molecule has 0 bridgehead atoms. The van der Waals surface area contributed by atoms with Gasteiger partial charge in [-0.25, -0.2) is 4.79 Å². The number of carbonyl (C=O) groups excluding carboxylic acids is 2. The minimum absolute atomic E-state index is 0.0196. The number of hydrogen-bond donors (Lipinski definition) is 1. The molecule has 4 rings (SSSR count). The highest BCUT2D eigenvalue weighted by molar-refractivity contribution is 9.10. The van der Waals surface area contributed by atoms with Crippen LogP contribution in [0.5, 0.6) is 17.2 Å². The quantitative estimate of drug-likeness (QED) is 0.403. The van der Waals surface area contributed by atoms with Crippen molar-refractivity contribution >= 4 is 27.7 Å². The van der Waals surface area contributed by atoms with Crippen LogP contribution < -0.4 is 19.5 Å². The van der Waals surface area contributed by atoms with Crippen molar-refractivity contribution in [3.63, 3.8) is 0 Å². The van der Waals surface area contributed by atoms with E-state index in [9.17, 15) is 9.59 Å². The lowest BCUT2D eigenvalue weighted by Gasteiger charge is -2.37. The third kappa shape index (κ3) is 5.25. The van der Waals surface area contributed by atoms with E-state index in [-0.39, 0.29) is 11.7 Å². The molecule has 2 atom stereocenters. The van der Waals surface area contributed by atoms with Gasteiger partial charge < -0.3 is 24.3 Å². The maximum atomic E-state index is 13.9. The van der Waals surface area contributed by atoms with Crippen LogP contribution in [0.4, 0.5) is 0 Å². The van der Waals surface area contributed by atoms with Crippen LogP contribution in [0, 0.1) is 0 Å². The molecular formula is C29H32BrNO6. The maximum absolute atomic E-state index is 13.9. The van der Waals surface area contributed by atoms with Gasteiger partial charge in [-0.1, -0.05) is 28.9 Å². The fraction of sp³-hybridized carbons (Fsp3) is 0.379. The molecule has 0 radical (unpaired) electrons. The summed E-state index contributed by atoms with van der Waals surface area (Å²) in [5.74, 6) is 0.758. The van der Waals surface area contributed by atoms with Crippen LogP contribution >= 0.6 is 15.9 Å². The summed E-state index contributed by atoms with van der Waals surface area (Å²) >= 11 is 3.55. The molecule has 0 aromatic heterocycles. The Morgan fingerprint density at radius 3 is 2.38 bits per heavy atom. The molecule has 0 saturated heterocycles. The molecule has 0 saturated carbocycles. The number of ether oxygens (including phenoxy) is 4. The summed E-state index contributed by atoms with van der Waals surface area (Å²) < 4.78 is 22.9. The van der Waals surface area contributed by atoms with Gasteiger partial charge in [0.25, 0.3) is 0 Å². The predicted octanol–water partition coefficient (Wildman–Crippen LogP) is 5.79. The molecule has 0 fully saturated rings. The van der Waals surface area contributed by atoms with Crippen molar-refractivity contribution in [2.45, 2.75) is 44.9 Å². The fourth-order valence-corrected chi connectivity index (χ4v) is 5.55. The zero-order valence-corrected chi connectivity index (χ0v) is 23.4. The molecule has 8 heteroatoms. The van der Waals surface area contributed by atoms with Crippen molar-refractivity contribution < 1.29 is 28.5 Å². The Kier molecular flexibility index (Phi) is 8.27. The van der Waals surface area contributed by atoms with Crippen LogP contribution in [0.3, 0.4) is 0 Å². The van der Waals surface area contributed by atoms with Gasteiger partial charge in [0.1, 0.15) is 5.75 Å². The Morgan fingerprint density at radius 2 is 1.70 bits per heavy atom. The first-order chi connectivity index (χ1) is 17.8. The lowest BCUT2D eigenvalue weighted by atomic mass is 9.71. The fourth-order valence-electron chi connectivity index (χ4n) is 5.17. The number of rotatable bonds is 8. The van der Waals surface area contributed by atoms with Gasteiger partial charge in [-0.3, -0.25) is 4.79 Å². The SMILES string of the molecule is CCCOC(=O)C1=C(C)NC2=C(C(=O)C[C@@H](c3ccc(OC)c(OC)c3)C2)[C@H]1c1cc(Br)ccc1OC. The van der Waals surface area contributed by atoms with E-state index in [1.54, 1.807) is 21.3 Å². The lowest BCUT2D eigenvalue weighted by Crippen LogP contribution is -2.36. The van der Waals surface area contributed by atoms with Gasteiger partial charge in [0.2, 0.25) is 0 Å². The van der Waals surface area contributed by atoms with Gasteiger partial charge in [-0.15, -0.1) is 0 Å². The van der Waals surface area contributed by atoms with E-state index < -0.39 is 11.9 Å².